The molecule has 1 N–H and O–H groups in total. The zero-order chi connectivity index (χ0) is 16.2. The Morgan fingerprint density at radius 2 is 2.32 bits per heavy atom. The summed E-state index contributed by atoms with van der Waals surface area (Å²) in [5.74, 6) is 0.540. The van der Waals surface area contributed by atoms with Gasteiger partial charge in [-0.05, 0) is 38.2 Å². The van der Waals surface area contributed by atoms with Gasteiger partial charge in [0.25, 0.3) is 0 Å². The molecule has 2 heterocycles. The molecule has 1 aliphatic carbocycles. The summed E-state index contributed by atoms with van der Waals surface area (Å²) in [5.41, 5.74) is 0.460. The first-order valence-electron chi connectivity index (χ1n) is 7.86. The van der Waals surface area contributed by atoms with E-state index in [4.69, 9.17) is 16.3 Å². The van der Waals surface area contributed by atoms with E-state index >= 15 is 0 Å². The van der Waals surface area contributed by atoms with Crippen LogP contribution in [0.5, 0.6) is 0 Å². The number of ether oxygens (including phenoxy) is 1. The van der Waals surface area contributed by atoms with Crippen molar-refractivity contribution in [3.8, 4) is 0 Å². The number of aldehydes is 1. The molecular formula is C17H24ClNO3. The number of carbonyl (C=O) groups is 2. The molecule has 0 saturated carbocycles. The van der Waals surface area contributed by atoms with Crippen LogP contribution in [0.3, 0.4) is 0 Å². The zero-order valence-electron chi connectivity index (χ0n) is 13.2. The number of nitrogens with one attached hydrogen (secondary N) is 1. The maximum Gasteiger partial charge on any atom is 0.226 e. The van der Waals surface area contributed by atoms with Gasteiger partial charge in [0.1, 0.15) is 11.9 Å². The van der Waals surface area contributed by atoms with Crippen LogP contribution in [0.25, 0.3) is 0 Å². The van der Waals surface area contributed by atoms with Crippen molar-refractivity contribution < 1.29 is 14.3 Å². The minimum atomic E-state index is -0.326. The molecule has 122 valence electrons. The fraction of sp³-hybridized carbons (Fsp3) is 0.647. The number of hydrogen-bond donors (Lipinski definition) is 1. The first-order chi connectivity index (χ1) is 10.5. The zero-order valence-corrected chi connectivity index (χ0v) is 14.0. The monoisotopic (exact) mass is 325 g/mol. The Bertz CT molecular complexity index is 498. The third-order valence-electron chi connectivity index (χ3n) is 5.11. The van der Waals surface area contributed by atoms with E-state index in [1.165, 1.54) is 0 Å². The molecule has 4 nitrogen and oxygen atoms in total. The highest BCUT2D eigenvalue weighted by Crippen LogP contribution is 2.50. The van der Waals surface area contributed by atoms with E-state index in [1.54, 1.807) is 0 Å². The van der Waals surface area contributed by atoms with Crippen LogP contribution in [0.4, 0.5) is 0 Å². The average molecular weight is 326 g/mol. The van der Waals surface area contributed by atoms with E-state index in [9.17, 15) is 9.59 Å². The Morgan fingerprint density at radius 1 is 1.55 bits per heavy atom. The van der Waals surface area contributed by atoms with Crippen LogP contribution < -0.4 is 5.32 Å². The summed E-state index contributed by atoms with van der Waals surface area (Å²) < 4.78 is 5.63. The van der Waals surface area contributed by atoms with Crippen molar-refractivity contribution in [2.75, 3.05) is 12.5 Å². The van der Waals surface area contributed by atoms with E-state index in [0.29, 0.717) is 18.9 Å². The Morgan fingerprint density at radius 3 is 2.68 bits per heavy atom. The van der Waals surface area contributed by atoms with E-state index in [0.717, 1.165) is 31.1 Å². The van der Waals surface area contributed by atoms with E-state index in [2.05, 4.69) is 18.3 Å². The van der Waals surface area contributed by atoms with E-state index in [1.807, 2.05) is 19.1 Å². The van der Waals surface area contributed by atoms with Gasteiger partial charge in [-0.2, -0.15) is 0 Å². The SMILES string of the molecule is CC[C@]12CO[C@@]1(C)[C@@H](CCCl)C(=O)N2.O=CC1=CC=CCC1. The summed E-state index contributed by atoms with van der Waals surface area (Å²) in [6, 6.07) is 0. The summed E-state index contributed by atoms with van der Waals surface area (Å²) in [7, 11) is 0. The lowest BCUT2D eigenvalue weighted by Gasteiger charge is -2.53. The Hall–Kier alpha value is -1.13. The summed E-state index contributed by atoms with van der Waals surface area (Å²) in [6.07, 6.45) is 10.3. The minimum absolute atomic E-state index is 0.0753. The van der Waals surface area contributed by atoms with Gasteiger partial charge in [0.05, 0.1) is 18.1 Å². The van der Waals surface area contributed by atoms with E-state index in [-0.39, 0.29) is 23.0 Å². The first-order valence-corrected chi connectivity index (χ1v) is 8.39. The van der Waals surface area contributed by atoms with Gasteiger partial charge < -0.3 is 10.1 Å². The predicted molar refractivity (Wildman–Crippen MR) is 86.9 cm³/mol. The smallest absolute Gasteiger partial charge is 0.226 e. The topological polar surface area (TPSA) is 55.4 Å². The number of halogens is 1. The van der Waals surface area contributed by atoms with Gasteiger partial charge >= 0.3 is 0 Å². The van der Waals surface area contributed by atoms with E-state index < -0.39 is 0 Å². The van der Waals surface area contributed by atoms with Crippen molar-refractivity contribution in [1.82, 2.24) is 5.32 Å². The molecule has 2 aliphatic heterocycles. The molecule has 0 unspecified atom stereocenters. The van der Waals surface area contributed by atoms with Gasteiger partial charge in [-0.3, -0.25) is 9.59 Å². The van der Waals surface area contributed by atoms with Crippen LogP contribution >= 0.6 is 11.6 Å². The van der Waals surface area contributed by atoms with Crippen LogP contribution in [0.2, 0.25) is 0 Å². The molecule has 3 atom stereocenters. The molecular weight excluding hydrogens is 302 g/mol. The number of carbonyl (C=O) groups excluding carboxylic acids is 2. The largest absolute Gasteiger partial charge is 0.369 e. The maximum atomic E-state index is 11.7. The van der Waals surface area contributed by atoms with Gasteiger partial charge in [-0.25, -0.2) is 0 Å². The molecule has 2 saturated heterocycles. The highest BCUT2D eigenvalue weighted by Gasteiger charge is 2.67. The van der Waals surface area contributed by atoms with Gasteiger partial charge in [0.2, 0.25) is 5.91 Å². The fourth-order valence-corrected chi connectivity index (χ4v) is 3.64. The quantitative estimate of drug-likeness (QED) is 0.638. The number of fused-ring (bicyclic) bond motifs is 1. The van der Waals surface area contributed by atoms with Crippen LogP contribution in [0, 0.1) is 5.92 Å². The molecule has 3 aliphatic rings. The van der Waals surface area contributed by atoms with Crippen molar-refractivity contribution in [1.29, 1.82) is 0 Å². The van der Waals surface area contributed by atoms with Gasteiger partial charge in [0.15, 0.2) is 0 Å². The number of allylic oxidation sites excluding steroid dienone is 4. The minimum Gasteiger partial charge on any atom is -0.369 e. The van der Waals surface area contributed by atoms with Crippen molar-refractivity contribution in [2.24, 2.45) is 5.92 Å². The molecule has 0 bridgehead atoms. The van der Waals surface area contributed by atoms with Crippen molar-refractivity contribution >= 4 is 23.8 Å². The number of rotatable bonds is 4. The van der Waals surface area contributed by atoms with Crippen molar-refractivity contribution in [3.63, 3.8) is 0 Å². The maximum absolute atomic E-state index is 11.7. The fourth-order valence-electron chi connectivity index (χ4n) is 3.42. The summed E-state index contributed by atoms with van der Waals surface area (Å²) in [6.45, 7) is 4.75. The molecule has 1 amide bonds. The second-order valence-electron chi connectivity index (χ2n) is 6.18. The number of amides is 1. The van der Waals surface area contributed by atoms with Crippen LogP contribution in [-0.2, 0) is 14.3 Å². The lowest BCUT2D eigenvalue weighted by Crippen LogP contribution is -2.70. The molecule has 0 radical (unpaired) electrons. The lowest BCUT2D eigenvalue weighted by atomic mass is 9.70. The molecule has 2 fully saturated rings. The highest BCUT2D eigenvalue weighted by molar-refractivity contribution is 6.18. The number of alkyl halides is 1. The van der Waals surface area contributed by atoms with Crippen LogP contribution in [-0.4, -0.2) is 35.8 Å². The Kier molecular flexibility index (Phi) is 5.45. The van der Waals surface area contributed by atoms with Crippen molar-refractivity contribution in [2.45, 2.75) is 50.7 Å². The molecule has 0 spiro atoms. The molecule has 0 aromatic carbocycles. The van der Waals surface area contributed by atoms with Crippen LogP contribution in [0.1, 0.15) is 39.5 Å². The van der Waals surface area contributed by atoms with Crippen molar-refractivity contribution in [3.05, 3.63) is 23.8 Å². The van der Waals surface area contributed by atoms with Crippen LogP contribution in [0.15, 0.2) is 23.8 Å². The standard InChI is InChI=1S/C10H16ClNO2.C7H8O/c1-3-10-6-14-9(10,2)7(4-5-11)8(13)12-10;8-6-7-4-2-1-3-5-7/h7H,3-6H2,1-2H3,(H,12,13);1-2,4,6H,3,5H2/t7-,9-,10-;/m0./s1. The third-order valence-corrected chi connectivity index (χ3v) is 5.33. The van der Waals surface area contributed by atoms with Gasteiger partial charge in [-0.1, -0.05) is 25.2 Å². The molecule has 22 heavy (non-hydrogen) atoms. The first kappa shape index (κ1) is 17.2. The molecule has 0 aromatic rings. The second kappa shape index (κ2) is 6.97. The number of hydrogen-bond acceptors (Lipinski definition) is 3. The predicted octanol–water partition coefficient (Wildman–Crippen LogP) is 2.76. The molecule has 0 aromatic heterocycles. The molecule has 3 rings (SSSR count). The highest BCUT2D eigenvalue weighted by atomic mass is 35.5. The third kappa shape index (κ3) is 2.86. The normalized spacial score (nSPS) is 35.5. The summed E-state index contributed by atoms with van der Waals surface area (Å²) >= 11 is 5.70. The van der Waals surface area contributed by atoms with Gasteiger partial charge in [0, 0.05) is 5.88 Å². The van der Waals surface area contributed by atoms with Gasteiger partial charge in [-0.15, -0.1) is 11.6 Å². The second-order valence-corrected chi connectivity index (χ2v) is 6.56. The lowest BCUT2D eigenvalue weighted by molar-refractivity contribution is -0.218. The molecule has 5 heteroatoms. The Balaban J connectivity index is 0.000000188. The Labute approximate surface area is 136 Å². The average Bonchev–Trinajstić information content (AvgIpc) is 2.69. The summed E-state index contributed by atoms with van der Waals surface area (Å²) in [4.78, 5) is 21.8. The summed E-state index contributed by atoms with van der Waals surface area (Å²) in [5, 5.41) is 3.07.